The summed E-state index contributed by atoms with van der Waals surface area (Å²) in [4.78, 5) is 7.30. The van der Waals surface area contributed by atoms with Crippen LogP contribution in [-0.2, 0) is 0 Å². The highest BCUT2D eigenvalue weighted by Gasteiger charge is 2.50. The van der Waals surface area contributed by atoms with Gasteiger partial charge in [-0.3, -0.25) is 9.88 Å². The molecule has 1 aromatic heterocycles. The lowest BCUT2D eigenvalue weighted by atomic mass is 9.74. The summed E-state index contributed by atoms with van der Waals surface area (Å²) in [6.07, 6.45) is 1.22. The van der Waals surface area contributed by atoms with Crippen LogP contribution in [0, 0.1) is 26.7 Å². The van der Waals surface area contributed by atoms with Gasteiger partial charge in [0.15, 0.2) is 0 Å². The number of likely N-dealkylation sites (tertiary alicyclic amines) is 1. The summed E-state index contributed by atoms with van der Waals surface area (Å²) in [6, 6.07) is 2.81. The molecule has 112 valence electrons. The molecule has 3 atom stereocenters. The van der Waals surface area contributed by atoms with Gasteiger partial charge in [-0.05, 0) is 71.7 Å². The summed E-state index contributed by atoms with van der Waals surface area (Å²) in [5, 5.41) is 0. The van der Waals surface area contributed by atoms with E-state index in [1.807, 2.05) is 0 Å². The van der Waals surface area contributed by atoms with Crippen molar-refractivity contribution < 1.29 is 0 Å². The lowest BCUT2D eigenvalue weighted by Gasteiger charge is -2.34. The Morgan fingerprint density at radius 1 is 1.25 bits per heavy atom. The third-order valence-corrected chi connectivity index (χ3v) is 5.74. The van der Waals surface area contributed by atoms with Gasteiger partial charge in [-0.15, -0.1) is 0 Å². The van der Waals surface area contributed by atoms with Crippen LogP contribution in [0.25, 0.3) is 0 Å². The van der Waals surface area contributed by atoms with Gasteiger partial charge in [0.05, 0.1) is 0 Å². The number of nitrogens with zero attached hydrogens (tertiary/aromatic N) is 2. The van der Waals surface area contributed by atoms with E-state index in [0.29, 0.717) is 17.9 Å². The molecule has 0 aromatic carbocycles. The first-order valence-electron chi connectivity index (χ1n) is 7.89. The molecule has 0 radical (unpaired) electrons. The number of aromatic nitrogens is 1. The highest BCUT2D eigenvalue weighted by atomic mass is 15.2. The van der Waals surface area contributed by atoms with E-state index in [4.69, 9.17) is 4.98 Å². The maximum atomic E-state index is 4.74. The summed E-state index contributed by atoms with van der Waals surface area (Å²) in [5.74, 6) is 1.28. The molecule has 2 unspecified atom stereocenters. The van der Waals surface area contributed by atoms with Crippen molar-refractivity contribution in [2.75, 3.05) is 7.05 Å². The molecule has 2 heterocycles. The molecule has 1 fully saturated rings. The largest absolute Gasteiger partial charge is 0.298 e. The van der Waals surface area contributed by atoms with Crippen molar-refractivity contribution in [3.63, 3.8) is 0 Å². The highest BCUT2D eigenvalue weighted by Crippen LogP contribution is 2.50. The molecule has 1 aliphatic rings. The van der Waals surface area contributed by atoms with Crippen LogP contribution in [0.2, 0.25) is 0 Å². The fourth-order valence-corrected chi connectivity index (χ4v) is 4.54. The van der Waals surface area contributed by atoms with Crippen LogP contribution in [-0.4, -0.2) is 28.5 Å². The minimum absolute atomic E-state index is 0.253. The molecule has 20 heavy (non-hydrogen) atoms. The van der Waals surface area contributed by atoms with E-state index in [1.165, 1.54) is 23.2 Å². The van der Waals surface area contributed by atoms with Gasteiger partial charge in [0.2, 0.25) is 0 Å². The van der Waals surface area contributed by atoms with E-state index in [1.54, 1.807) is 0 Å². The maximum absolute atomic E-state index is 4.74. The molecular formula is C18H30N2. The maximum Gasteiger partial charge on any atom is 0.0413 e. The van der Waals surface area contributed by atoms with E-state index < -0.39 is 0 Å². The molecule has 0 aliphatic carbocycles. The van der Waals surface area contributed by atoms with E-state index in [2.05, 4.69) is 66.5 Å². The lowest BCUT2D eigenvalue weighted by molar-refractivity contribution is 0.145. The molecule has 0 saturated carbocycles. The van der Waals surface area contributed by atoms with Gasteiger partial charge >= 0.3 is 0 Å². The third kappa shape index (κ3) is 2.18. The van der Waals surface area contributed by atoms with Crippen LogP contribution in [0.1, 0.15) is 62.5 Å². The predicted molar refractivity (Wildman–Crippen MR) is 86.3 cm³/mol. The van der Waals surface area contributed by atoms with E-state index in [0.717, 1.165) is 5.69 Å². The van der Waals surface area contributed by atoms with Gasteiger partial charge < -0.3 is 0 Å². The Morgan fingerprint density at radius 3 is 2.35 bits per heavy atom. The van der Waals surface area contributed by atoms with Crippen molar-refractivity contribution in [1.29, 1.82) is 0 Å². The fraction of sp³-hybridized carbons (Fsp3) is 0.722. The van der Waals surface area contributed by atoms with Crippen molar-refractivity contribution in [2.45, 2.75) is 72.4 Å². The second-order valence-electron chi connectivity index (χ2n) is 7.13. The molecule has 1 aliphatic heterocycles. The molecule has 0 spiro atoms. The molecule has 2 heteroatoms. The van der Waals surface area contributed by atoms with Gasteiger partial charge in [-0.1, -0.05) is 13.3 Å². The predicted octanol–water partition coefficient (Wildman–Crippen LogP) is 4.23. The average Bonchev–Trinajstić information content (AvgIpc) is 2.49. The topological polar surface area (TPSA) is 16.1 Å². The zero-order valence-electron chi connectivity index (χ0n) is 14.4. The number of rotatable bonds is 2. The minimum Gasteiger partial charge on any atom is -0.298 e. The molecule has 2 rings (SSSR count). The standard InChI is InChI=1S/C18H30N2/c1-9-15-17(14(5)20(8)18(15,6)7)16-11(2)10-12(3)19-13(16)4/h10,14-15,17H,9H2,1-8H3/t14-,15?,17?/m1/s1. The monoisotopic (exact) mass is 274 g/mol. The number of aryl methyl sites for hydroxylation is 3. The van der Waals surface area contributed by atoms with Crippen LogP contribution in [0.4, 0.5) is 0 Å². The minimum atomic E-state index is 0.253. The molecule has 1 saturated heterocycles. The van der Waals surface area contributed by atoms with E-state index in [-0.39, 0.29) is 5.54 Å². The summed E-state index contributed by atoms with van der Waals surface area (Å²) < 4.78 is 0. The zero-order chi connectivity index (χ0) is 15.2. The SMILES string of the molecule is CCC1C(c2c(C)cc(C)nc2C)[C@@H](C)N(C)C1(C)C. The van der Waals surface area contributed by atoms with Crippen LogP contribution in [0.15, 0.2) is 6.07 Å². The first-order valence-corrected chi connectivity index (χ1v) is 7.89. The molecule has 0 bridgehead atoms. The van der Waals surface area contributed by atoms with Crippen LogP contribution < -0.4 is 0 Å². The normalized spacial score (nSPS) is 29.9. The summed E-state index contributed by atoms with van der Waals surface area (Å²) >= 11 is 0. The van der Waals surface area contributed by atoms with Crippen molar-refractivity contribution in [3.8, 4) is 0 Å². The molecule has 2 nitrogen and oxygen atoms in total. The second kappa shape index (κ2) is 5.14. The van der Waals surface area contributed by atoms with Gasteiger partial charge in [-0.2, -0.15) is 0 Å². The number of pyridine rings is 1. The summed E-state index contributed by atoms with van der Waals surface area (Å²) in [7, 11) is 2.28. The van der Waals surface area contributed by atoms with Gasteiger partial charge in [-0.25, -0.2) is 0 Å². The number of likely N-dealkylation sites (N-methyl/N-ethyl adjacent to an activating group) is 1. The molecule has 0 amide bonds. The van der Waals surface area contributed by atoms with Crippen molar-refractivity contribution in [1.82, 2.24) is 9.88 Å². The average molecular weight is 274 g/mol. The first kappa shape index (κ1) is 15.5. The van der Waals surface area contributed by atoms with Gasteiger partial charge in [0.25, 0.3) is 0 Å². The van der Waals surface area contributed by atoms with Crippen molar-refractivity contribution in [3.05, 3.63) is 28.6 Å². The Hall–Kier alpha value is -0.890. The Kier molecular flexibility index (Phi) is 3.98. The Balaban J connectivity index is 2.57. The van der Waals surface area contributed by atoms with Gasteiger partial charge in [0.1, 0.15) is 0 Å². The Labute approximate surface area is 124 Å². The lowest BCUT2D eigenvalue weighted by Crippen LogP contribution is -2.41. The van der Waals surface area contributed by atoms with E-state index >= 15 is 0 Å². The van der Waals surface area contributed by atoms with Crippen LogP contribution in [0.3, 0.4) is 0 Å². The molecule has 1 aromatic rings. The smallest absolute Gasteiger partial charge is 0.0413 e. The Morgan fingerprint density at radius 2 is 1.85 bits per heavy atom. The third-order valence-electron chi connectivity index (χ3n) is 5.74. The van der Waals surface area contributed by atoms with Crippen LogP contribution in [0.5, 0.6) is 0 Å². The van der Waals surface area contributed by atoms with Crippen molar-refractivity contribution in [2.24, 2.45) is 5.92 Å². The first-order chi connectivity index (χ1) is 9.21. The zero-order valence-corrected chi connectivity index (χ0v) is 14.4. The quantitative estimate of drug-likeness (QED) is 0.802. The Bertz CT molecular complexity index is 481. The summed E-state index contributed by atoms with van der Waals surface area (Å²) in [5.41, 5.74) is 5.52. The number of hydrogen-bond donors (Lipinski definition) is 0. The van der Waals surface area contributed by atoms with Crippen molar-refractivity contribution >= 4 is 0 Å². The van der Waals surface area contributed by atoms with E-state index in [9.17, 15) is 0 Å². The highest BCUT2D eigenvalue weighted by molar-refractivity contribution is 5.37. The molecule has 0 N–H and O–H groups in total. The molecular weight excluding hydrogens is 244 g/mol. The number of hydrogen-bond acceptors (Lipinski definition) is 2. The summed E-state index contributed by atoms with van der Waals surface area (Å²) in [6.45, 7) is 16.0. The fourth-order valence-electron chi connectivity index (χ4n) is 4.54. The second-order valence-corrected chi connectivity index (χ2v) is 7.13. The van der Waals surface area contributed by atoms with Crippen LogP contribution >= 0.6 is 0 Å². The van der Waals surface area contributed by atoms with Gasteiger partial charge in [0, 0.05) is 28.9 Å².